The second-order valence-corrected chi connectivity index (χ2v) is 11.8. The van der Waals surface area contributed by atoms with Gasteiger partial charge >= 0.3 is 0 Å². The molecule has 0 fully saturated rings. The highest BCUT2D eigenvalue weighted by Crippen LogP contribution is 2.41. The van der Waals surface area contributed by atoms with Gasteiger partial charge in [-0.1, -0.05) is 18.2 Å². The van der Waals surface area contributed by atoms with Gasteiger partial charge in [0.1, 0.15) is 17.0 Å². The van der Waals surface area contributed by atoms with E-state index in [1.54, 1.807) is 43.4 Å². The molecule has 0 amide bonds. The van der Waals surface area contributed by atoms with Crippen LogP contribution in [0.25, 0.3) is 21.3 Å². The molecule has 3 heterocycles. The number of rotatable bonds is 6. The number of sulfonamides is 1. The predicted octanol–water partition coefficient (Wildman–Crippen LogP) is 6.23. The van der Waals surface area contributed by atoms with Crippen molar-refractivity contribution in [3.63, 3.8) is 0 Å². The molecule has 0 saturated carbocycles. The molecule has 0 saturated heterocycles. The van der Waals surface area contributed by atoms with Crippen LogP contribution in [-0.2, 0) is 10.0 Å². The molecule has 2 aromatic carbocycles. The van der Waals surface area contributed by atoms with E-state index in [2.05, 4.69) is 68.9 Å². The van der Waals surface area contributed by atoms with Gasteiger partial charge in [0, 0.05) is 27.5 Å². The van der Waals surface area contributed by atoms with Gasteiger partial charge in [0.05, 0.1) is 10.3 Å². The summed E-state index contributed by atoms with van der Waals surface area (Å²) in [7, 11) is -3.84. The molecule has 0 bridgehead atoms. The first kappa shape index (κ1) is 24.8. The van der Waals surface area contributed by atoms with Crippen LogP contribution in [0.3, 0.4) is 0 Å². The summed E-state index contributed by atoms with van der Waals surface area (Å²) in [4.78, 5) is 19.5. The average molecular weight is 531 g/mol. The summed E-state index contributed by atoms with van der Waals surface area (Å²) in [6.07, 6.45) is 1.54. The lowest BCUT2D eigenvalue weighted by Gasteiger charge is -2.11. The van der Waals surface area contributed by atoms with Crippen LogP contribution in [0.15, 0.2) is 59.8 Å². The summed E-state index contributed by atoms with van der Waals surface area (Å²) in [6.45, 7) is 9.87. The van der Waals surface area contributed by atoms with Crippen LogP contribution in [-0.4, -0.2) is 28.4 Å². The van der Waals surface area contributed by atoms with Gasteiger partial charge in [-0.05, 0) is 81.6 Å². The van der Waals surface area contributed by atoms with E-state index in [-0.39, 0.29) is 10.8 Å². The standard InChI is InChI=1S/C27H26N6O2S2/c1-15-6-7-20(12-16(15)2)23-19(5)36-26-24(23)25(28-14-29-26)32-21-8-10-22(11-9-21)37(34,35)33-27-30-17(3)13-18(4)31-27/h6-14H,1-5H3,(H,28,29,32)(H,30,31,33). The molecule has 5 rings (SSSR count). The molecule has 5 aromatic rings. The summed E-state index contributed by atoms with van der Waals surface area (Å²) in [6, 6.07) is 14.7. The van der Waals surface area contributed by atoms with Gasteiger partial charge in [-0.2, -0.15) is 0 Å². The molecular weight excluding hydrogens is 504 g/mol. The third kappa shape index (κ3) is 5.03. The Labute approximate surface area is 219 Å². The summed E-state index contributed by atoms with van der Waals surface area (Å²) >= 11 is 1.63. The molecule has 0 aliphatic heterocycles. The van der Waals surface area contributed by atoms with Crippen molar-refractivity contribution in [3.05, 3.63) is 82.3 Å². The number of benzene rings is 2. The van der Waals surface area contributed by atoms with Crippen molar-refractivity contribution in [2.24, 2.45) is 0 Å². The number of anilines is 3. The van der Waals surface area contributed by atoms with Gasteiger partial charge in [0.15, 0.2) is 0 Å². The molecule has 188 valence electrons. The molecule has 8 nitrogen and oxygen atoms in total. The minimum Gasteiger partial charge on any atom is -0.340 e. The number of aromatic nitrogens is 4. The van der Waals surface area contributed by atoms with Crippen molar-refractivity contribution in [3.8, 4) is 11.1 Å². The maximum atomic E-state index is 12.9. The summed E-state index contributed by atoms with van der Waals surface area (Å²) in [5.41, 5.74) is 6.75. The van der Waals surface area contributed by atoms with E-state index in [4.69, 9.17) is 0 Å². The van der Waals surface area contributed by atoms with Crippen molar-refractivity contribution < 1.29 is 8.42 Å². The van der Waals surface area contributed by atoms with Crippen molar-refractivity contribution >= 4 is 49.0 Å². The monoisotopic (exact) mass is 530 g/mol. The SMILES string of the molecule is Cc1cc(C)nc(NS(=O)(=O)c2ccc(Nc3ncnc4sc(C)c(-c5ccc(C)c(C)c5)c34)cc2)n1. The van der Waals surface area contributed by atoms with Crippen molar-refractivity contribution in [2.75, 3.05) is 10.0 Å². The summed E-state index contributed by atoms with van der Waals surface area (Å²) in [5.74, 6) is 0.717. The highest BCUT2D eigenvalue weighted by atomic mass is 32.2. The Balaban J connectivity index is 1.46. The van der Waals surface area contributed by atoms with Crippen LogP contribution in [0.5, 0.6) is 0 Å². The average Bonchev–Trinajstić information content (AvgIpc) is 3.17. The molecule has 3 aromatic heterocycles. The number of hydrogen-bond donors (Lipinski definition) is 2. The molecule has 0 aliphatic rings. The molecule has 0 aliphatic carbocycles. The summed E-state index contributed by atoms with van der Waals surface area (Å²) in [5, 5.41) is 4.30. The first-order valence-electron chi connectivity index (χ1n) is 11.6. The fraction of sp³-hybridized carbons (Fsp3) is 0.185. The first-order valence-corrected chi connectivity index (χ1v) is 13.9. The molecule has 37 heavy (non-hydrogen) atoms. The Kier molecular flexibility index (Phi) is 6.38. The van der Waals surface area contributed by atoms with Crippen molar-refractivity contribution in [1.29, 1.82) is 0 Å². The zero-order valence-electron chi connectivity index (χ0n) is 21.1. The second kappa shape index (κ2) is 9.53. The van der Waals surface area contributed by atoms with Crippen molar-refractivity contribution in [2.45, 2.75) is 39.5 Å². The van der Waals surface area contributed by atoms with Gasteiger partial charge in [0.25, 0.3) is 10.0 Å². The third-order valence-electron chi connectivity index (χ3n) is 6.10. The highest BCUT2D eigenvalue weighted by Gasteiger charge is 2.19. The third-order valence-corrected chi connectivity index (χ3v) is 8.45. The molecule has 0 spiro atoms. The van der Waals surface area contributed by atoms with Crippen LogP contribution < -0.4 is 10.0 Å². The highest BCUT2D eigenvalue weighted by molar-refractivity contribution is 7.92. The zero-order valence-corrected chi connectivity index (χ0v) is 22.8. The van der Waals surface area contributed by atoms with Gasteiger partial charge < -0.3 is 5.32 Å². The first-order chi connectivity index (χ1) is 17.6. The van der Waals surface area contributed by atoms with Gasteiger partial charge in [-0.15, -0.1) is 11.3 Å². The Morgan fingerprint density at radius 3 is 2.19 bits per heavy atom. The number of nitrogens with zero attached hydrogens (tertiary/aromatic N) is 4. The molecule has 10 heteroatoms. The van der Waals surface area contributed by atoms with Gasteiger partial charge in [-0.3, -0.25) is 0 Å². The zero-order chi connectivity index (χ0) is 26.3. The van der Waals surface area contributed by atoms with Crippen molar-refractivity contribution in [1.82, 2.24) is 19.9 Å². The molecular formula is C27H26N6O2S2. The van der Waals surface area contributed by atoms with E-state index in [0.717, 1.165) is 26.2 Å². The normalized spacial score (nSPS) is 11.6. The quantitative estimate of drug-likeness (QED) is 0.268. The van der Waals surface area contributed by atoms with E-state index in [0.29, 0.717) is 22.9 Å². The maximum Gasteiger partial charge on any atom is 0.264 e. The number of hydrogen-bond acceptors (Lipinski definition) is 8. The smallest absolute Gasteiger partial charge is 0.264 e. The van der Waals surface area contributed by atoms with Crippen LogP contribution in [0.1, 0.15) is 27.4 Å². The fourth-order valence-corrected chi connectivity index (χ4v) is 6.14. The maximum absolute atomic E-state index is 12.9. The fourth-order valence-electron chi connectivity index (χ4n) is 4.19. The second-order valence-electron chi connectivity index (χ2n) is 8.96. The van der Waals surface area contributed by atoms with E-state index >= 15 is 0 Å². The predicted molar refractivity (Wildman–Crippen MR) is 149 cm³/mol. The van der Waals surface area contributed by atoms with E-state index in [9.17, 15) is 8.42 Å². The Hall–Kier alpha value is -3.89. The van der Waals surface area contributed by atoms with Crippen LogP contribution in [0.2, 0.25) is 0 Å². The van der Waals surface area contributed by atoms with Crippen LogP contribution in [0.4, 0.5) is 17.5 Å². The van der Waals surface area contributed by atoms with Crippen LogP contribution in [0, 0.1) is 34.6 Å². The topological polar surface area (TPSA) is 110 Å². The Morgan fingerprint density at radius 1 is 0.811 bits per heavy atom. The largest absolute Gasteiger partial charge is 0.340 e. The van der Waals surface area contributed by atoms with Gasteiger partial charge in [0.2, 0.25) is 5.95 Å². The minimum atomic E-state index is -3.84. The minimum absolute atomic E-state index is 0.0507. The van der Waals surface area contributed by atoms with Crippen LogP contribution >= 0.6 is 11.3 Å². The Bertz CT molecular complexity index is 1730. The number of aryl methyl sites for hydroxylation is 5. The lowest BCUT2D eigenvalue weighted by atomic mass is 9.99. The number of thiophene rings is 1. The lowest BCUT2D eigenvalue weighted by molar-refractivity contribution is 0.601. The number of nitrogens with one attached hydrogen (secondary N) is 2. The molecule has 0 atom stereocenters. The van der Waals surface area contributed by atoms with Gasteiger partial charge in [-0.25, -0.2) is 33.1 Å². The number of fused-ring (bicyclic) bond motifs is 1. The molecule has 0 radical (unpaired) electrons. The molecule has 2 N–H and O–H groups in total. The summed E-state index contributed by atoms with van der Waals surface area (Å²) < 4.78 is 28.2. The Morgan fingerprint density at radius 2 is 1.51 bits per heavy atom. The molecule has 0 unspecified atom stereocenters. The van der Waals surface area contributed by atoms with E-state index in [1.165, 1.54) is 29.6 Å². The lowest BCUT2D eigenvalue weighted by Crippen LogP contribution is -2.15. The van der Waals surface area contributed by atoms with E-state index < -0.39 is 10.0 Å². The van der Waals surface area contributed by atoms with E-state index in [1.807, 2.05) is 0 Å².